The minimum Gasteiger partial charge on any atom is -0.309 e. The van der Waals surface area contributed by atoms with Crippen LogP contribution in [0.25, 0.3) is 0 Å². The first-order chi connectivity index (χ1) is 8.34. The van der Waals surface area contributed by atoms with Crippen LogP contribution in [0, 0.1) is 5.92 Å². The molecule has 0 amide bonds. The van der Waals surface area contributed by atoms with Crippen LogP contribution in [-0.4, -0.2) is 51.1 Å². The molecule has 1 saturated heterocycles. The first-order valence-electron chi connectivity index (χ1n) is 6.31. The summed E-state index contributed by atoms with van der Waals surface area (Å²) in [5, 5.41) is 2.76. The van der Waals surface area contributed by atoms with E-state index >= 15 is 0 Å². The predicted octanol–water partition coefficient (Wildman–Crippen LogP) is 1.29. The van der Waals surface area contributed by atoms with Crippen molar-refractivity contribution in [1.82, 2.24) is 9.62 Å². The van der Waals surface area contributed by atoms with Crippen molar-refractivity contribution in [3.8, 4) is 0 Å². The van der Waals surface area contributed by atoms with E-state index in [4.69, 9.17) is 0 Å². The van der Waals surface area contributed by atoms with Crippen LogP contribution < -0.4 is 5.32 Å². The second-order valence-electron chi connectivity index (χ2n) is 4.86. The quantitative estimate of drug-likeness (QED) is 0.799. The van der Waals surface area contributed by atoms with Crippen molar-refractivity contribution in [3.63, 3.8) is 0 Å². The van der Waals surface area contributed by atoms with Crippen LogP contribution in [0.5, 0.6) is 0 Å². The first kappa shape index (κ1) is 15.8. The van der Waals surface area contributed by atoms with E-state index in [0.29, 0.717) is 26.1 Å². The van der Waals surface area contributed by atoms with Crippen LogP contribution in [0.3, 0.4) is 0 Å². The zero-order valence-corrected chi connectivity index (χ0v) is 11.7. The highest BCUT2D eigenvalue weighted by Crippen LogP contribution is 2.24. The molecule has 0 aromatic carbocycles. The van der Waals surface area contributed by atoms with Gasteiger partial charge in [0.05, 0.1) is 12.3 Å². The minimum atomic E-state index is -3.20. The van der Waals surface area contributed by atoms with Gasteiger partial charge in [0.15, 0.2) is 0 Å². The smallest absolute Gasteiger partial charge is 0.253 e. The van der Waals surface area contributed by atoms with Crippen LogP contribution in [-0.2, 0) is 10.0 Å². The number of hydrogen-bond acceptors (Lipinski definition) is 3. The third-order valence-electron chi connectivity index (χ3n) is 3.31. The number of alkyl halides is 2. The summed E-state index contributed by atoms with van der Waals surface area (Å²) in [6.07, 6.45) is 0.668. The van der Waals surface area contributed by atoms with E-state index in [0.717, 1.165) is 12.8 Å². The lowest BCUT2D eigenvalue weighted by molar-refractivity contribution is 0.0798. The maximum Gasteiger partial charge on any atom is 0.253 e. The molecule has 108 valence electrons. The van der Waals surface area contributed by atoms with Crippen LogP contribution in [0.2, 0.25) is 0 Å². The van der Waals surface area contributed by atoms with E-state index < -0.39 is 22.5 Å². The standard InChI is InChI=1S/C11H22F2N2O2S/c1-3-14-10(11(12)13)7-9-5-4-6-15(8-9)18(2,16)17/h9-11,14H,3-8H2,1-2H3. The Hall–Kier alpha value is -0.270. The second kappa shape index (κ2) is 6.77. The van der Waals surface area contributed by atoms with Crippen molar-refractivity contribution in [3.05, 3.63) is 0 Å². The zero-order valence-electron chi connectivity index (χ0n) is 10.9. The number of piperidine rings is 1. The van der Waals surface area contributed by atoms with E-state index in [2.05, 4.69) is 5.32 Å². The second-order valence-corrected chi connectivity index (χ2v) is 6.85. The van der Waals surface area contributed by atoms with E-state index in [1.54, 1.807) is 6.92 Å². The molecule has 1 N–H and O–H groups in total. The first-order valence-corrected chi connectivity index (χ1v) is 8.16. The molecule has 0 aromatic rings. The minimum absolute atomic E-state index is 0.0199. The summed E-state index contributed by atoms with van der Waals surface area (Å²) in [6.45, 7) is 3.17. The Morgan fingerprint density at radius 1 is 1.44 bits per heavy atom. The van der Waals surface area contributed by atoms with Crippen LogP contribution in [0.1, 0.15) is 26.2 Å². The van der Waals surface area contributed by atoms with Crippen LogP contribution in [0.4, 0.5) is 8.78 Å². The number of halogens is 2. The Morgan fingerprint density at radius 3 is 2.61 bits per heavy atom. The molecule has 4 nitrogen and oxygen atoms in total. The van der Waals surface area contributed by atoms with E-state index in [1.165, 1.54) is 10.6 Å². The maximum absolute atomic E-state index is 12.8. The highest BCUT2D eigenvalue weighted by Gasteiger charge is 2.30. The molecule has 0 saturated carbocycles. The molecule has 0 bridgehead atoms. The zero-order chi connectivity index (χ0) is 13.8. The SMILES string of the molecule is CCNC(CC1CCCN(S(C)(=O)=O)C1)C(F)F. The molecular formula is C11H22F2N2O2S. The highest BCUT2D eigenvalue weighted by atomic mass is 32.2. The van der Waals surface area contributed by atoms with Gasteiger partial charge in [-0.2, -0.15) is 0 Å². The molecule has 0 radical (unpaired) electrons. The van der Waals surface area contributed by atoms with Gasteiger partial charge in [-0.3, -0.25) is 0 Å². The average molecular weight is 284 g/mol. The molecule has 0 aromatic heterocycles. The number of nitrogens with one attached hydrogen (secondary N) is 1. The molecule has 1 aliphatic heterocycles. The monoisotopic (exact) mass is 284 g/mol. The van der Waals surface area contributed by atoms with Gasteiger partial charge in [-0.25, -0.2) is 21.5 Å². The number of sulfonamides is 1. The van der Waals surface area contributed by atoms with Gasteiger partial charge in [0, 0.05) is 13.1 Å². The fourth-order valence-electron chi connectivity index (χ4n) is 2.42. The molecule has 0 spiro atoms. The molecular weight excluding hydrogens is 262 g/mol. The lowest BCUT2D eigenvalue weighted by Gasteiger charge is -2.33. The summed E-state index contributed by atoms with van der Waals surface area (Å²) in [6, 6.07) is -0.834. The van der Waals surface area contributed by atoms with Gasteiger partial charge in [0.25, 0.3) is 6.43 Å². The summed E-state index contributed by atoms with van der Waals surface area (Å²) in [4.78, 5) is 0. The molecule has 0 aliphatic carbocycles. The molecule has 2 atom stereocenters. The molecule has 2 unspecified atom stereocenters. The van der Waals surface area contributed by atoms with E-state index in [9.17, 15) is 17.2 Å². The van der Waals surface area contributed by atoms with Gasteiger partial charge in [0.2, 0.25) is 10.0 Å². The summed E-state index contributed by atoms with van der Waals surface area (Å²) in [5.74, 6) is 0.0199. The predicted molar refractivity (Wildman–Crippen MR) is 67.2 cm³/mol. The number of rotatable bonds is 6. The summed E-state index contributed by atoms with van der Waals surface area (Å²) >= 11 is 0. The largest absolute Gasteiger partial charge is 0.309 e. The normalized spacial score (nSPS) is 24.4. The van der Waals surface area contributed by atoms with Gasteiger partial charge in [0.1, 0.15) is 0 Å². The average Bonchev–Trinajstić information content (AvgIpc) is 2.27. The Kier molecular flexibility index (Phi) is 5.94. The molecule has 1 rings (SSSR count). The lowest BCUT2D eigenvalue weighted by Crippen LogP contribution is -2.43. The van der Waals surface area contributed by atoms with Crippen LogP contribution in [0.15, 0.2) is 0 Å². The third kappa shape index (κ3) is 4.78. The van der Waals surface area contributed by atoms with Gasteiger partial charge in [-0.1, -0.05) is 6.92 Å². The topological polar surface area (TPSA) is 49.4 Å². The summed E-state index contributed by atoms with van der Waals surface area (Å²) in [7, 11) is -3.20. The lowest BCUT2D eigenvalue weighted by atomic mass is 9.92. The molecule has 7 heteroatoms. The van der Waals surface area contributed by atoms with Crippen molar-refractivity contribution in [2.75, 3.05) is 25.9 Å². The summed E-state index contributed by atoms with van der Waals surface area (Å²) in [5.41, 5.74) is 0. The third-order valence-corrected chi connectivity index (χ3v) is 4.58. The van der Waals surface area contributed by atoms with Crippen molar-refractivity contribution >= 4 is 10.0 Å². The van der Waals surface area contributed by atoms with E-state index in [1.807, 2.05) is 0 Å². The molecule has 18 heavy (non-hydrogen) atoms. The summed E-state index contributed by atoms with van der Waals surface area (Å²) < 4.78 is 49.8. The maximum atomic E-state index is 12.8. The Balaban J connectivity index is 2.56. The Labute approximate surface area is 108 Å². The molecule has 1 aliphatic rings. The van der Waals surface area contributed by atoms with Gasteiger partial charge in [-0.05, 0) is 31.7 Å². The van der Waals surface area contributed by atoms with Crippen molar-refractivity contribution in [2.45, 2.75) is 38.7 Å². The van der Waals surface area contributed by atoms with Crippen molar-refractivity contribution < 1.29 is 17.2 Å². The Bertz CT molecular complexity index is 349. The van der Waals surface area contributed by atoms with Gasteiger partial charge < -0.3 is 5.32 Å². The van der Waals surface area contributed by atoms with Gasteiger partial charge in [-0.15, -0.1) is 0 Å². The Morgan fingerprint density at radius 2 is 2.11 bits per heavy atom. The fraction of sp³-hybridized carbons (Fsp3) is 1.00. The van der Waals surface area contributed by atoms with E-state index in [-0.39, 0.29) is 5.92 Å². The van der Waals surface area contributed by atoms with Crippen molar-refractivity contribution in [1.29, 1.82) is 0 Å². The molecule has 1 fully saturated rings. The van der Waals surface area contributed by atoms with Crippen LogP contribution >= 0.6 is 0 Å². The van der Waals surface area contributed by atoms with Gasteiger partial charge >= 0.3 is 0 Å². The highest BCUT2D eigenvalue weighted by molar-refractivity contribution is 7.88. The fourth-order valence-corrected chi connectivity index (χ4v) is 3.36. The van der Waals surface area contributed by atoms with Crippen molar-refractivity contribution in [2.24, 2.45) is 5.92 Å². The number of nitrogens with zero attached hydrogens (tertiary/aromatic N) is 1. The molecule has 1 heterocycles. The number of hydrogen-bond donors (Lipinski definition) is 1.